The van der Waals surface area contributed by atoms with Crippen molar-refractivity contribution in [3.05, 3.63) is 22.4 Å². The van der Waals surface area contributed by atoms with Crippen molar-refractivity contribution in [1.82, 2.24) is 15.1 Å². The zero-order valence-electron chi connectivity index (χ0n) is 13.1. The van der Waals surface area contributed by atoms with E-state index in [4.69, 9.17) is 0 Å². The third-order valence-corrected chi connectivity index (χ3v) is 3.97. The van der Waals surface area contributed by atoms with Crippen molar-refractivity contribution >= 4 is 23.2 Å². The first-order valence-corrected chi connectivity index (χ1v) is 8.06. The van der Waals surface area contributed by atoms with Gasteiger partial charge in [-0.2, -0.15) is 0 Å². The summed E-state index contributed by atoms with van der Waals surface area (Å²) in [7, 11) is 4.03. The highest BCUT2D eigenvalue weighted by Crippen LogP contribution is 2.08. The van der Waals surface area contributed by atoms with Crippen LogP contribution in [0.2, 0.25) is 0 Å². The number of hydrogen-bond acceptors (Lipinski definition) is 4. The van der Waals surface area contributed by atoms with Crippen LogP contribution in [0.1, 0.15) is 18.2 Å². The Hall–Kier alpha value is -1.40. The summed E-state index contributed by atoms with van der Waals surface area (Å²) in [5.74, 6) is 0.0653. The Morgan fingerprint density at radius 3 is 2.57 bits per heavy atom. The van der Waals surface area contributed by atoms with Gasteiger partial charge in [0.2, 0.25) is 11.8 Å². The Morgan fingerprint density at radius 1 is 1.24 bits per heavy atom. The molecule has 1 N–H and O–H groups in total. The van der Waals surface area contributed by atoms with Gasteiger partial charge in [0, 0.05) is 31.4 Å². The van der Waals surface area contributed by atoms with Crippen molar-refractivity contribution < 1.29 is 9.59 Å². The summed E-state index contributed by atoms with van der Waals surface area (Å²) in [6.07, 6.45) is 1.36. The van der Waals surface area contributed by atoms with Gasteiger partial charge < -0.3 is 15.1 Å². The molecule has 0 fully saturated rings. The molecule has 0 saturated heterocycles. The lowest BCUT2D eigenvalue weighted by atomic mass is 10.3. The van der Waals surface area contributed by atoms with E-state index in [-0.39, 0.29) is 11.8 Å². The molecule has 6 heteroatoms. The monoisotopic (exact) mass is 311 g/mol. The SMILES string of the molecule is CC(=O)N(CCCN(C)C)CCNC(=O)Cc1cccs1. The molecule has 0 atom stereocenters. The van der Waals surface area contributed by atoms with Gasteiger partial charge in [-0.1, -0.05) is 6.07 Å². The van der Waals surface area contributed by atoms with Crippen molar-refractivity contribution in [2.45, 2.75) is 19.8 Å². The number of amides is 2. The number of carbonyl (C=O) groups is 2. The summed E-state index contributed by atoms with van der Waals surface area (Å²) < 4.78 is 0. The van der Waals surface area contributed by atoms with Gasteiger partial charge in [-0.25, -0.2) is 0 Å². The lowest BCUT2D eigenvalue weighted by molar-refractivity contribution is -0.129. The van der Waals surface area contributed by atoms with Crippen molar-refractivity contribution in [1.29, 1.82) is 0 Å². The largest absolute Gasteiger partial charge is 0.354 e. The summed E-state index contributed by atoms with van der Waals surface area (Å²) >= 11 is 1.58. The summed E-state index contributed by atoms with van der Waals surface area (Å²) in [5.41, 5.74) is 0. The minimum atomic E-state index is 0.00856. The highest BCUT2D eigenvalue weighted by Gasteiger charge is 2.09. The molecule has 0 spiro atoms. The Bertz CT molecular complexity index is 432. The average molecular weight is 311 g/mol. The van der Waals surface area contributed by atoms with E-state index in [9.17, 15) is 9.59 Å². The van der Waals surface area contributed by atoms with Gasteiger partial charge in [0.05, 0.1) is 6.42 Å². The fourth-order valence-corrected chi connectivity index (χ4v) is 2.67. The molecule has 21 heavy (non-hydrogen) atoms. The van der Waals surface area contributed by atoms with E-state index in [1.54, 1.807) is 23.2 Å². The highest BCUT2D eigenvalue weighted by molar-refractivity contribution is 7.10. The first-order valence-electron chi connectivity index (χ1n) is 7.18. The van der Waals surface area contributed by atoms with Crippen LogP contribution >= 0.6 is 11.3 Å². The van der Waals surface area contributed by atoms with Crippen molar-refractivity contribution in [2.24, 2.45) is 0 Å². The second-order valence-electron chi connectivity index (χ2n) is 5.27. The van der Waals surface area contributed by atoms with Crippen LogP contribution in [-0.4, -0.2) is 61.9 Å². The van der Waals surface area contributed by atoms with Crippen molar-refractivity contribution in [3.8, 4) is 0 Å². The van der Waals surface area contributed by atoms with Crippen molar-refractivity contribution in [2.75, 3.05) is 40.3 Å². The summed E-state index contributed by atoms with van der Waals surface area (Å²) in [6, 6.07) is 3.89. The van der Waals surface area contributed by atoms with Gasteiger partial charge in [-0.3, -0.25) is 9.59 Å². The molecule has 0 aliphatic heterocycles. The zero-order chi connectivity index (χ0) is 15.7. The van der Waals surface area contributed by atoms with Gasteiger partial charge in [0.15, 0.2) is 0 Å². The maximum absolute atomic E-state index is 11.8. The number of hydrogen-bond donors (Lipinski definition) is 1. The second kappa shape index (κ2) is 9.52. The first kappa shape index (κ1) is 17.7. The molecule has 0 bridgehead atoms. The molecule has 0 aromatic carbocycles. The molecule has 1 aromatic heterocycles. The first-order chi connectivity index (χ1) is 9.99. The molecule has 118 valence electrons. The number of nitrogens with one attached hydrogen (secondary N) is 1. The molecule has 0 aliphatic rings. The van der Waals surface area contributed by atoms with E-state index < -0.39 is 0 Å². The smallest absolute Gasteiger partial charge is 0.225 e. The molecule has 2 amide bonds. The van der Waals surface area contributed by atoms with Crippen LogP contribution in [0, 0.1) is 0 Å². The minimum absolute atomic E-state index is 0.00856. The quantitative estimate of drug-likeness (QED) is 0.746. The normalized spacial score (nSPS) is 10.7. The Balaban J connectivity index is 2.23. The van der Waals surface area contributed by atoms with E-state index in [0.29, 0.717) is 19.5 Å². The van der Waals surface area contributed by atoms with Gasteiger partial charge in [-0.05, 0) is 38.5 Å². The Kier molecular flexibility index (Phi) is 8.00. The molecule has 5 nitrogen and oxygen atoms in total. The van der Waals surface area contributed by atoms with Gasteiger partial charge >= 0.3 is 0 Å². The predicted molar refractivity (Wildman–Crippen MR) is 86.5 cm³/mol. The maximum atomic E-state index is 11.8. The van der Waals surface area contributed by atoms with Crippen molar-refractivity contribution in [3.63, 3.8) is 0 Å². The van der Waals surface area contributed by atoms with E-state index >= 15 is 0 Å². The number of thiophene rings is 1. The van der Waals surface area contributed by atoms with Gasteiger partial charge in [0.25, 0.3) is 0 Å². The molecule has 0 aliphatic carbocycles. The van der Waals surface area contributed by atoms with Crippen LogP contribution in [-0.2, 0) is 16.0 Å². The summed E-state index contributed by atoms with van der Waals surface area (Å²) in [5, 5.41) is 4.83. The zero-order valence-corrected chi connectivity index (χ0v) is 13.9. The van der Waals surface area contributed by atoms with Crippen LogP contribution in [0.5, 0.6) is 0 Å². The molecular formula is C15H25N3O2S. The molecule has 0 saturated carbocycles. The molecule has 1 aromatic rings. The summed E-state index contributed by atoms with van der Waals surface area (Å²) in [6.45, 7) is 4.33. The Morgan fingerprint density at radius 2 is 2.00 bits per heavy atom. The van der Waals surface area contributed by atoms with Crippen LogP contribution in [0.3, 0.4) is 0 Å². The fraction of sp³-hybridized carbons (Fsp3) is 0.600. The van der Waals surface area contributed by atoms with E-state index in [0.717, 1.165) is 24.4 Å². The number of nitrogens with zero attached hydrogens (tertiary/aromatic N) is 2. The van der Waals surface area contributed by atoms with Crippen LogP contribution in [0.15, 0.2) is 17.5 Å². The lowest BCUT2D eigenvalue weighted by Crippen LogP contribution is -2.39. The standard InChI is InChI=1S/C15H25N3O2S/c1-13(19)18(9-5-8-17(2)3)10-7-16-15(20)12-14-6-4-11-21-14/h4,6,11H,5,7-10,12H2,1-3H3,(H,16,20). The summed E-state index contributed by atoms with van der Waals surface area (Å²) in [4.78, 5) is 28.2. The number of carbonyl (C=O) groups excluding carboxylic acids is 2. The topological polar surface area (TPSA) is 52.7 Å². The third-order valence-electron chi connectivity index (χ3n) is 3.10. The minimum Gasteiger partial charge on any atom is -0.354 e. The lowest BCUT2D eigenvalue weighted by Gasteiger charge is -2.22. The highest BCUT2D eigenvalue weighted by atomic mass is 32.1. The van der Waals surface area contributed by atoms with Crippen LogP contribution in [0.4, 0.5) is 0 Å². The second-order valence-corrected chi connectivity index (χ2v) is 6.30. The molecular weight excluding hydrogens is 286 g/mol. The predicted octanol–water partition coefficient (Wildman–Crippen LogP) is 1.21. The fourth-order valence-electron chi connectivity index (χ4n) is 1.97. The molecule has 0 unspecified atom stereocenters. The molecule has 0 radical (unpaired) electrons. The Labute approximate surface area is 130 Å². The average Bonchev–Trinajstić information content (AvgIpc) is 2.89. The van der Waals surface area contributed by atoms with Crippen LogP contribution in [0.25, 0.3) is 0 Å². The van der Waals surface area contributed by atoms with E-state index in [1.807, 2.05) is 31.6 Å². The van der Waals surface area contributed by atoms with E-state index in [1.165, 1.54) is 0 Å². The van der Waals surface area contributed by atoms with Crippen LogP contribution < -0.4 is 5.32 Å². The number of rotatable bonds is 9. The van der Waals surface area contributed by atoms with Gasteiger partial charge in [-0.15, -0.1) is 11.3 Å². The van der Waals surface area contributed by atoms with Gasteiger partial charge in [0.1, 0.15) is 0 Å². The molecule has 1 rings (SSSR count). The van der Waals surface area contributed by atoms with E-state index in [2.05, 4.69) is 10.2 Å². The third kappa shape index (κ3) is 7.82. The maximum Gasteiger partial charge on any atom is 0.225 e. The molecule has 1 heterocycles.